The molecule has 158 valence electrons. The number of benzene rings is 3. The molecule has 3 aromatic carbocycles. The van der Waals surface area contributed by atoms with E-state index in [4.69, 9.17) is 0 Å². The predicted molar refractivity (Wildman–Crippen MR) is 130 cm³/mol. The first-order chi connectivity index (χ1) is 14.6. The van der Waals surface area contributed by atoms with E-state index in [1.165, 1.54) is 4.90 Å². The first-order valence-electron chi connectivity index (χ1n) is 10.2. The first-order valence-corrected chi connectivity index (χ1v) is 11.0. The van der Waals surface area contributed by atoms with Gasteiger partial charge in [0.2, 0.25) is 0 Å². The van der Waals surface area contributed by atoms with Crippen LogP contribution in [0.5, 0.6) is 0 Å². The quantitative estimate of drug-likeness (QED) is 0.462. The highest BCUT2D eigenvalue weighted by Crippen LogP contribution is 2.27. The van der Waals surface area contributed by atoms with E-state index in [1.807, 2.05) is 94.7 Å². The standard InChI is InChI=1S/C23H25N3OS.C2H6/c1-26(2)17-16-24-19-10-12-20(13-11-19)25-23(27)18-8-14-22(15-9-18)28-21-6-4-3-5-7-21;1-2/h3-15,24H,16-17H2,1-2H3,(H,25,27);1-2H3. The minimum Gasteiger partial charge on any atom is -0.384 e. The molecule has 0 aliphatic carbocycles. The summed E-state index contributed by atoms with van der Waals surface area (Å²) in [5.74, 6) is -0.107. The Hall–Kier alpha value is -2.76. The lowest BCUT2D eigenvalue weighted by molar-refractivity contribution is 0.102. The molecule has 1 amide bonds. The van der Waals surface area contributed by atoms with E-state index < -0.39 is 0 Å². The zero-order valence-corrected chi connectivity index (χ0v) is 19.0. The third kappa shape index (κ3) is 7.93. The van der Waals surface area contributed by atoms with Gasteiger partial charge < -0.3 is 15.5 Å². The Morgan fingerprint density at radius 3 is 1.97 bits per heavy atom. The van der Waals surface area contributed by atoms with Gasteiger partial charge in [-0.3, -0.25) is 4.79 Å². The summed E-state index contributed by atoms with van der Waals surface area (Å²) in [4.78, 5) is 16.9. The molecule has 0 fully saturated rings. The molecule has 5 heteroatoms. The van der Waals surface area contributed by atoms with E-state index in [0.717, 1.165) is 29.4 Å². The summed E-state index contributed by atoms with van der Waals surface area (Å²) in [5, 5.41) is 6.30. The van der Waals surface area contributed by atoms with Crippen LogP contribution in [0.25, 0.3) is 0 Å². The molecule has 2 N–H and O–H groups in total. The van der Waals surface area contributed by atoms with Crippen LogP contribution in [0.15, 0.2) is 88.7 Å². The van der Waals surface area contributed by atoms with Gasteiger partial charge in [-0.2, -0.15) is 0 Å². The SMILES string of the molecule is CC.CN(C)CCNc1ccc(NC(=O)c2ccc(Sc3ccccc3)cc2)cc1. The molecule has 0 atom stereocenters. The van der Waals surface area contributed by atoms with E-state index in [0.29, 0.717) is 5.56 Å². The van der Waals surface area contributed by atoms with E-state index >= 15 is 0 Å². The Bertz CT molecular complexity index is 879. The normalized spacial score (nSPS) is 10.2. The molecular formula is C25H31N3OS. The number of nitrogens with zero attached hydrogens (tertiary/aromatic N) is 1. The highest BCUT2D eigenvalue weighted by molar-refractivity contribution is 7.99. The van der Waals surface area contributed by atoms with Crippen molar-refractivity contribution in [2.24, 2.45) is 0 Å². The summed E-state index contributed by atoms with van der Waals surface area (Å²) < 4.78 is 0. The zero-order valence-electron chi connectivity index (χ0n) is 18.2. The molecule has 30 heavy (non-hydrogen) atoms. The van der Waals surface area contributed by atoms with Crippen LogP contribution in [-0.2, 0) is 0 Å². The monoisotopic (exact) mass is 421 g/mol. The lowest BCUT2D eigenvalue weighted by atomic mass is 10.2. The van der Waals surface area contributed by atoms with E-state index in [-0.39, 0.29) is 5.91 Å². The number of carbonyl (C=O) groups is 1. The molecule has 0 spiro atoms. The molecule has 0 bridgehead atoms. The summed E-state index contributed by atoms with van der Waals surface area (Å²) in [6.07, 6.45) is 0. The Morgan fingerprint density at radius 2 is 1.37 bits per heavy atom. The lowest BCUT2D eigenvalue weighted by Crippen LogP contribution is -2.20. The van der Waals surface area contributed by atoms with Crippen molar-refractivity contribution in [3.63, 3.8) is 0 Å². The molecule has 0 aliphatic rings. The molecule has 0 aromatic heterocycles. The Morgan fingerprint density at radius 1 is 0.800 bits per heavy atom. The molecular weight excluding hydrogens is 390 g/mol. The van der Waals surface area contributed by atoms with Crippen molar-refractivity contribution in [1.29, 1.82) is 0 Å². The topological polar surface area (TPSA) is 44.4 Å². The minimum atomic E-state index is -0.107. The summed E-state index contributed by atoms with van der Waals surface area (Å²) in [7, 11) is 4.10. The fraction of sp³-hybridized carbons (Fsp3) is 0.240. The van der Waals surface area contributed by atoms with Crippen molar-refractivity contribution >= 4 is 29.0 Å². The minimum absolute atomic E-state index is 0.107. The van der Waals surface area contributed by atoms with Gasteiger partial charge in [0.15, 0.2) is 0 Å². The van der Waals surface area contributed by atoms with Gasteiger partial charge in [0, 0.05) is 39.8 Å². The van der Waals surface area contributed by atoms with E-state index in [2.05, 4.69) is 27.7 Å². The van der Waals surface area contributed by atoms with Crippen molar-refractivity contribution < 1.29 is 4.79 Å². The number of rotatable bonds is 8. The van der Waals surface area contributed by atoms with Gasteiger partial charge >= 0.3 is 0 Å². The maximum atomic E-state index is 12.5. The molecule has 0 radical (unpaired) electrons. The highest BCUT2D eigenvalue weighted by atomic mass is 32.2. The number of likely N-dealkylation sites (N-methyl/N-ethyl adjacent to an activating group) is 1. The predicted octanol–water partition coefficient (Wildman–Crippen LogP) is 6.09. The van der Waals surface area contributed by atoms with E-state index in [9.17, 15) is 4.79 Å². The molecule has 0 aliphatic heterocycles. The molecule has 0 unspecified atom stereocenters. The van der Waals surface area contributed by atoms with Crippen molar-refractivity contribution in [2.75, 3.05) is 37.8 Å². The Kier molecular flexibility index (Phi) is 9.98. The second kappa shape index (κ2) is 12.7. The summed E-state index contributed by atoms with van der Waals surface area (Å²) in [6.45, 7) is 5.85. The third-order valence-corrected chi connectivity index (χ3v) is 5.14. The van der Waals surface area contributed by atoms with Crippen LogP contribution < -0.4 is 10.6 Å². The lowest BCUT2D eigenvalue weighted by Gasteiger charge is -2.12. The molecule has 3 aromatic rings. The maximum Gasteiger partial charge on any atom is 0.255 e. The Labute approximate surface area is 184 Å². The Balaban J connectivity index is 0.00000155. The van der Waals surface area contributed by atoms with Crippen molar-refractivity contribution in [3.8, 4) is 0 Å². The van der Waals surface area contributed by atoms with Crippen LogP contribution in [-0.4, -0.2) is 38.0 Å². The fourth-order valence-corrected chi connectivity index (χ4v) is 3.44. The molecule has 0 heterocycles. The second-order valence-electron chi connectivity index (χ2n) is 6.70. The van der Waals surface area contributed by atoms with Crippen LogP contribution in [0.3, 0.4) is 0 Å². The maximum absolute atomic E-state index is 12.5. The van der Waals surface area contributed by atoms with Gasteiger partial charge in [-0.25, -0.2) is 0 Å². The average molecular weight is 422 g/mol. The summed E-state index contributed by atoms with van der Waals surface area (Å²) >= 11 is 1.68. The first kappa shape index (κ1) is 23.5. The molecule has 0 saturated carbocycles. The van der Waals surface area contributed by atoms with Crippen LogP contribution >= 0.6 is 11.8 Å². The number of anilines is 2. The second-order valence-corrected chi connectivity index (χ2v) is 7.85. The van der Waals surface area contributed by atoms with Crippen LogP contribution in [0, 0.1) is 0 Å². The van der Waals surface area contributed by atoms with Gasteiger partial charge in [-0.1, -0.05) is 43.8 Å². The van der Waals surface area contributed by atoms with Crippen LogP contribution in [0.4, 0.5) is 11.4 Å². The fourth-order valence-electron chi connectivity index (χ4n) is 2.60. The average Bonchev–Trinajstić information content (AvgIpc) is 2.77. The number of hydrogen-bond donors (Lipinski definition) is 2. The van der Waals surface area contributed by atoms with Gasteiger partial charge in [-0.05, 0) is 74.8 Å². The smallest absolute Gasteiger partial charge is 0.255 e. The third-order valence-electron chi connectivity index (χ3n) is 4.13. The van der Waals surface area contributed by atoms with Crippen molar-refractivity contribution in [2.45, 2.75) is 23.6 Å². The molecule has 0 saturated heterocycles. The summed E-state index contributed by atoms with van der Waals surface area (Å²) in [6, 6.07) is 25.6. The van der Waals surface area contributed by atoms with Crippen LogP contribution in [0.2, 0.25) is 0 Å². The van der Waals surface area contributed by atoms with E-state index in [1.54, 1.807) is 11.8 Å². The van der Waals surface area contributed by atoms with Crippen molar-refractivity contribution in [1.82, 2.24) is 4.90 Å². The van der Waals surface area contributed by atoms with Gasteiger partial charge in [0.1, 0.15) is 0 Å². The number of amides is 1. The zero-order chi connectivity index (χ0) is 21.8. The summed E-state index contributed by atoms with van der Waals surface area (Å²) in [5.41, 5.74) is 2.47. The molecule has 4 nitrogen and oxygen atoms in total. The largest absolute Gasteiger partial charge is 0.384 e. The number of carbonyl (C=O) groups excluding carboxylic acids is 1. The number of nitrogens with one attached hydrogen (secondary N) is 2. The van der Waals surface area contributed by atoms with Gasteiger partial charge in [0.05, 0.1) is 0 Å². The van der Waals surface area contributed by atoms with Gasteiger partial charge in [-0.15, -0.1) is 0 Å². The van der Waals surface area contributed by atoms with Gasteiger partial charge in [0.25, 0.3) is 5.91 Å². The number of hydrogen-bond acceptors (Lipinski definition) is 4. The van der Waals surface area contributed by atoms with Crippen molar-refractivity contribution in [3.05, 3.63) is 84.4 Å². The molecule has 3 rings (SSSR count). The highest BCUT2D eigenvalue weighted by Gasteiger charge is 2.07. The van der Waals surface area contributed by atoms with Crippen LogP contribution in [0.1, 0.15) is 24.2 Å².